The summed E-state index contributed by atoms with van der Waals surface area (Å²) in [6.07, 6.45) is 3.88. The van der Waals surface area contributed by atoms with Crippen molar-refractivity contribution in [3.8, 4) is 16.9 Å². The molecule has 0 amide bonds. The molecule has 0 bridgehead atoms. The highest BCUT2D eigenvalue weighted by Crippen LogP contribution is 2.32. The first-order valence-corrected chi connectivity index (χ1v) is 13.1. The number of benzene rings is 4. The summed E-state index contributed by atoms with van der Waals surface area (Å²) in [6, 6.07) is 28.5. The van der Waals surface area contributed by atoms with E-state index >= 15 is 0 Å². The van der Waals surface area contributed by atoms with Gasteiger partial charge in [-0.05, 0) is 78.4 Å². The Morgan fingerprint density at radius 2 is 1.51 bits per heavy atom. The first kappa shape index (κ1) is 23.7. The van der Waals surface area contributed by atoms with Gasteiger partial charge in [0, 0.05) is 31.0 Å². The van der Waals surface area contributed by atoms with Crippen LogP contribution in [0.25, 0.3) is 50.9 Å². The minimum atomic E-state index is -0.162. The zero-order chi connectivity index (χ0) is 25.5. The minimum Gasteiger partial charge on any atom is -0.354 e. The highest BCUT2D eigenvalue weighted by Gasteiger charge is 2.14. The number of halogens is 3. The number of nitrogens with one attached hydrogen (secondary N) is 1. The molecule has 4 nitrogen and oxygen atoms in total. The number of para-hydroxylation sites is 1. The fourth-order valence-corrected chi connectivity index (χ4v) is 5.08. The van der Waals surface area contributed by atoms with Gasteiger partial charge in [0.25, 0.3) is 5.56 Å². The standard InChI is InChI=1S/C30H18BrCl2N3O/c31-19-7-15-27-25(17-19)30(37)36(22-12-10-21(33)11-13-22)28(34-27)16-14-24-23-3-1-2-4-26(23)35-29(24)18-5-8-20(32)9-6-18/h1-17,35H/b16-14+. The van der Waals surface area contributed by atoms with Crippen molar-refractivity contribution in [2.75, 3.05) is 0 Å². The van der Waals surface area contributed by atoms with E-state index in [4.69, 9.17) is 28.2 Å². The fourth-order valence-electron chi connectivity index (χ4n) is 4.47. The molecule has 1 N–H and O–H groups in total. The zero-order valence-corrected chi connectivity index (χ0v) is 22.3. The van der Waals surface area contributed by atoms with Gasteiger partial charge in [0.15, 0.2) is 0 Å². The number of fused-ring (bicyclic) bond motifs is 2. The lowest BCUT2D eigenvalue weighted by Gasteiger charge is -2.12. The van der Waals surface area contributed by atoms with Crippen molar-refractivity contribution in [1.29, 1.82) is 0 Å². The molecular weight excluding hydrogens is 569 g/mol. The molecule has 0 saturated carbocycles. The molecule has 0 aliphatic carbocycles. The Labute approximate surface area is 231 Å². The van der Waals surface area contributed by atoms with Crippen molar-refractivity contribution in [3.63, 3.8) is 0 Å². The molecule has 2 aromatic heterocycles. The predicted octanol–water partition coefficient (Wildman–Crippen LogP) is 8.77. The quantitative estimate of drug-likeness (QED) is 0.224. The third-order valence-electron chi connectivity index (χ3n) is 6.22. The lowest BCUT2D eigenvalue weighted by molar-refractivity contribution is 0.944. The topological polar surface area (TPSA) is 50.7 Å². The van der Waals surface area contributed by atoms with E-state index in [9.17, 15) is 4.79 Å². The Morgan fingerprint density at radius 1 is 0.811 bits per heavy atom. The maximum absolute atomic E-state index is 13.7. The van der Waals surface area contributed by atoms with Crippen molar-refractivity contribution in [2.45, 2.75) is 0 Å². The normalized spacial score (nSPS) is 11.6. The van der Waals surface area contributed by atoms with Gasteiger partial charge < -0.3 is 4.98 Å². The van der Waals surface area contributed by atoms with E-state index in [0.717, 1.165) is 32.2 Å². The van der Waals surface area contributed by atoms with Crippen molar-refractivity contribution in [1.82, 2.24) is 14.5 Å². The van der Waals surface area contributed by atoms with Gasteiger partial charge in [0.1, 0.15) is 5.82 Å². The minimum absolute atomic E-state index is 0.162. The largest absolute Gasteiger partial charge is 0.354 e. The number of aromatic amines is 1. The molecule has 0 aliphatic heterocycles. The second kappa shape index (κ2) is 9.67. The average Bonchev–Trinajstić information content (AvgIpc) is 3.28. The van der Waals surface area contributed by atoms with Crippen LogP contribution < -0.4 is 5.56 Å². The summed E-state index contributed by atoms with van der Waals surface area (Å²) in [5, 5.41) is 2.86. The molecule has 6 rings (SSSR count). The van der Waals surface area contributed by atoms with E-state index in [-0.39, 0.29) is 5.56 Å². The molecule has 7 heteroatoms. The Bertz CT molecular complexity index is 1870. The third-order valence-corrected chi connectivity index (χ3v) is 7.22. The van der Waals surface area contributed by atoms with Gasteiger partial charge in [-0.25, -0.2) is 4.98 Å². The van der Waals surface area contributed by atoms with Crippen LogP contribution in [0.5, 0.6) is 0 Å². The summed E-state index contributed by atoms with van der Waals surface area (Å²) in [5.41, 5.74) is 5.11. The second-order valence-corrected chi connectivity index (χ2v) is 10.3. The van der Waals surface area contributed by atoms with Crippen molar-refractivity contribution >= 4 is 73.1 Å². The van der Waals surface area contributed by atoms with E-state index in [0.29, 0.717) is 32.5 Å². The second-order valence-electron chi connectivity index (χ2n) is 8.55. The Kier molecular flexibility index (Phi) is 6.21. The fraction of sp³-hybridized carbons (Fsp3) is 0. The van der Waals surface area contributed by atoms with Crippen molar-refractivity contribution < 1.29 is 0 Å². The number of H-pyrrole nitrogens is 1. The highest BCUT2D eigenvalue weighted by atomic mass is 79.9. The van der Waals surface area contributed by atoms with E-state index in [2.05, 4.69) is 27.0 Å². The smallest absolute Gasteiger partial charge is 0.266 e. The van der Waals surface area contributed by atoms with Crippen LogP contribution in [0.1, 0.15) is 11.4 Å². The maximum Gasteiger partial charge on any atom is 0.266 e. The van der Waals surface area contributed by atoms with Gasteiger partial charge in [-0.3, -0.25) is 9.36 Å². The van der Waals surface area contributed by atoms with E-state index in [1.807, 2.05) is 78.9 Å². The van der Waals surface area contributed by atoms with Crippen LogP contribution in [0.2, 0.25) is 10.0 Å². The van der Waals surface area contributed by atoms with Gasteiger partial charge >= 0.3 is 0 Å². The number of aromatic nitrogens is 3. The number of nitrogens with zero attached hydrogens (tertiary/aromatic N) is 2. The van der Waals surface area contributed by atoms with Gasteiger partial charge in [-0.1, -0.05) is 69.5 Å². The summed E-state index contributed by atoms with van der Waals surface area (Å²) in [6.45, 7) is 0. The van der Waals surface area contributed by atoms with Gasteiger partial charge in [-0.15, -0.1) is 0 Å². The first-order valence-electron chi connectivity index (χ1n) is 11.5. The lowest BCUT2D eigenvalue weighted by atomic mass is 10.0. The van der Waals surface area contributed by atoms with Crippen LogP contribution in [0.3, 0.4) is 0 Å². The number of hydrogen-bond acceptors (Lipinski definition) is 2. The molecule has 4 aromatic carbocycles. The van der Waals surface area contributed by atoms with Crippen LogP contribution in [-0.2, 0) is 0 Å². The molecule has 0 unspecified atom stereocenters. The molecule has 37 heavy (non-hydrogen) atoms. The summed E-state index contributed by atoms with van der Waals surface area (Å²) in [7, 11) is 0. The van der Waals surface area contributed by atoms with Crippen LogP contribution in [0.15, 0.2) is 100 Å². The summed E-state index contributed by atoms with van der Waals surface area (Å²) in [4.78, 5) is 22.1. The van der Waals surface area contributed by atoms with E-state index in [1.165, 1.54) is 0 Å². The zero-order valence-electron chi connectivity index (χ0n) is 19.3. The van der Waals surface area contributed by atoms with Crippen LogP contribution >= 0.6 is 39.1 Å². The maximum atomic E-state index is 13.7. The lowest BCUT2D eigenvalue weighted by Crippen LogP contribution is -2.22. The van der Waals surface area contributed by atoms with E-state index in [1.54, 1.807) is 22.8 Å². The SMILES string of the molecule is O=c1c2cc(Br)ccc2nc(/C=C/c2c(-c3ccc(Cl)cc3)[nH]c3ccccc23)n1-c1ccc(Cl)cc1. The molecule has 2 heterocycles. The Balaban J connectivity index is 1.58. The van der Waals surface area contributed by atoms with Crippen molar-refractivity contribution in [2.24, 2.45) is 0 Å². The highest BCUT2D eigenvalue weighted by molar-refractivity contribution is 9.10. The van der Waals surface area contributed by atoms with Gasteiger partial charge in [-0.2, -0.15) is 0 Å². The molecular formula is C30H18BrCl2N3O. The molecule has 180 valence electrons. The molecule has 0 aliphatic rings. The predicted molar refractivity (Wildman–Crippen MR) is 158 cm³/mol. The summed E-state index contributed by atoms with van der Waals surface area (Å²) < 4.78 is 2.43. The Hall–Kier alpha value is -3.64. The molecule has 0 atom stereocenters. The van der Waals surface area contributed by atoms with Gasteiger partial charge in [0.2, 0.25) is 0 Å². The molecule has 0 saturated heterocycles. The molecule has 0 fully saturated rings. The average molecular weight is 587 g/mol. The molecule has 0 radical (unpaired) electrons. The monoisotopic (exact) mass is 585 g/mol. The number of rotatable bonds is 4. The van der Waals surface area contributed by atoms with Gasteiger partial charge in [0.05, 0.1) is 22.3 Å². The third kappa shape index (κ3) is 4.51. The summed E-state index contributed by atoms with van der Waals surface area (Å²) >= 11 is 15.7. The molecule has 6 aromatic rings. The van der Waals surface area contributed by atoms with E-state index < -0.39 is 0 Å². The summed E-state index contributed by atoms with van der Waals surface area (Å²) in [5.74, 6) is 0.509. The molecule has 0 spiro atoms. The van der Waals surface area contributed by atoms with Crippen molar-refractivity contribution in [3.05, 3.63) is 127 Å². The van der Waals surface area contributed by atoms with Crippen LogP contribution in [-0.4, -0.2) is 14.5 Å². The number of hydrogen-bond donors (Lipinski definition) is 1. The van der Waals surface area contributed by atoms with Crippen LogP contribution in [0, 0.1) is 0 Å². The Morgan fingerprint density at radius 3 is 2.27 bits per heavy atom. The first-order chi connectivity index (χ1) is 18.0. The van der Waals surface area contributed by atoms with Crippen LogP contribution in [0.4, 0.5) is 0 Å².